The maximum atomic E-state index is 11.8. The highest BCUT2D eigenvalue weighted by Crippen LogP contribution is 2.19. The summed E-state index contributed by atoms with van der Waals surface area (Å²) in [5.74, 6) is 0.000697. The molecule has 2 N–H and O–H groups in total. The van der Waals surface area contributed by atoms with Crippen molar-refractivity contribution in [1.82, 2.24) is 15.6 Å². The Bertz CT molecular complexity index is 609. The SMILES string of the molecule is Cc1ccc2ccc(C3NCCNC3=O)nc2c1. The fourth-order valence-corrected chi connectivity index (χ4v) is 2.24. The Morgan fingerprint density at radius 2 is 2.06 bits per heavy atom. The van der Waals surface area contributed by atoms with Crippen LogP contribution in [0, 0.1) is 6.92 Å². The number of nitrogens with zero attached hydrogens (tertiary/aromatic N) is 1. The van der Waals surface area contributed by atoms with E-state index < -0.39 is 0 Å². The van der Waals surface area contributed by atoms with Gasteiger partial charge in [-0.15, -0.1) is 0 Å². The van der Waals surface area contributed by atoms with Crippen LogP contribution < -0.4 is 10.6 Å². The lowest BCUT2D eigenvalue weighted by Crippen LogP contribution is -2.47. The van der Waals surface area contributed by atoms with Crippen molar-refractivity contribution >= 4 is 16.8 Å². The lowest BCUT2D eigenvalue weighted by Gasteiger charge is -2.23. The van der Waals surface area contributed by atoms with Crippen molar-refractivity contribution in [2.75, 3.05) is 13.1 Å². The second kappa shape index (κ2) is 4.38. The number of amides is 1. The van der Waals surface area contributed by atoms with Gasteiger partial charge in [-0.1, -0.05) is 18.2 Å². The number of benzene rings is 1. The summed E-state index contributed by atoms with van der Waals surface area (Å²) in [6.07, 6.45) is 0. The van der Waals surface area contributed by atoms with Crippen molar-refractivity contribution in [3.05, 3.63) is 41.6 Å². The van der Waals surface area contributed by atoms with Gasteiger partial charge in [-0.25, -0.2) is 0 Å². The molecule has 1 saturated heterocycles. The highest BCUT2D eigenvalue weighted by molar-refractivity contribution is 5.85. The average Bonchev–Trinajstić information content (AvgIpc) is 2.38. The van der Waals surface area contributed by atoms with E-state index in [1.54, 1.807) is 0 Å². The molecule has 1 unspecified atom stereocenters. The zero-order valence-corrected chi connectivity index (χ0v) is 10.2. The van der Waals surface area contributed by atoms with Crippen molar-refractivity contribution in [2.24, 2.45) is 0 Å². The zero-order valence-electron chi connectivity index (χ0n) is 10.2. The van der Waals surface area contributed by atoms with Crippen molar-refractivity contribution in [1.29, 1.82) is 0 Å². The number of hydrogen-bond acceptors (Lipinski definition) is 3. The number of rotatable bonds is 1. The lowest BCUT2D eigenvalue weighted by atomic mass is 10.1. The molecule has 2 aromatic rings. The third kappa shape index (κ3) is 1.95. The number of pyridine rings is 1. The minimum absolute atomic E-state index is 0.000697. The second-order valence-corrected chi connectivity index (χ2v) is 4.61. The molecule has 1 aromatic heterocycles. The number of carbonyl (C=O) groups excluding carboxylic acids is 1. The van der Waals surface area contributed by atoms with Gasteiger partial charge < -0.3 is 5.32 Å². The fraction of sp³-hybridized carbons (Fsp3) is 0.286. The van der Waals surface area contributed by atoms with Crippen LogP contribution >= 0.6 is 0 Å². The van der Waals surface area contributed by atoms with Crippen molar-refractivity contribution in [3.8, 4) is 0 Å². The van der Waals surface area contributed by atoms with Gasteiger partial charge in [0.15, 0.2) is 0 Å². The molecule has 1 amide bonds. The minimum atomic E-state index is -0.330. The lowest BCUT2D eigenvalue weighted by molar-refractivity contribution is -0.124. The number of fused-ring (bicyclic) bond motifs is 1. The number of carbonyl (C=O) groups is 1. The summed E-state index contributed by atoms with van der Waals surface area (Å²) in [6.45, 7) is 3.51. The number of aryl methyl sites for hydroxylation is 1. The summed E-state index contributed by atoms with van der Waals surface area (Å²) >= 11 is 0. The predicted molar refractivity (Wildman–Crippen MR) is 70.2 cm³/mol. The Labute approximate surface area is 105 Å². The van der Waals surface area contributed by atoms with Crippen LogP contribution in [0.15, 0.2) is 30.3 Å². The molecule has 18 heavy (non-hydrogen) atoms. The third-order valence-electron chi connectivity index (χ3n) is 3.20. The molecule has 92 valence electrons. The molecular weight excluding hydrogens is 226 g/mol. The Hall–Kier alpha value is -1.94. The normalized spacial score (nSPS) is 19.8. The summed E-state index contributed by atoms with van der Waals surface area (Å²) in [6, 6.07) is 9.76. The monoisotopic (exact) mass is 241 g/mol. The second-order valence-electron chi connectivity index (χ2n) is 4.61. The van der Waals surface area contributed by atoms with E-state index in [9.17, 15) is 4.79 Å². The van der Waals surface area contributed by atoms with Crippen LogP contribution in [-0.4, -0.2) is 24.0 Å². The van der Waals surface area contributed by atoms with Gasteiger partial charge in [0.2, 0.25) is 5.91 Å². The first-order valence-corrected chi connectivity index (χ1v) is 6.12. The predicted octanol–water partition coefficient (Wildman–Crippen LogP) is 1.30. The van der Waals surface area contributed by atoms with Crippen LogP contribution in [0.4, 0.5) is 0 Å². The van der Waals surface area contributed by atoms with Crippen LogP contribution in [0.25, 0.3) is 10.9 Å². The summed E-state index contributed by atoms with van der Waals surface area (Å²) in [5.41, 5.74) is 2.89. The fourth-order valence-electron chi connectivity index (χ4n) is 2.24. The smallest absolute Gasteiger partial charge is 0.243 e. The minimum Gasteiger partial charge on any atom is -0.353 e. The van der Waals surface area contributed by atoms with Crippen molar-refractivity contribution in [3.63, 3.8) is 0 Å². The number of nitrogens with one attached hydrogen (secondary N) is 2. The van der Waals surface area contributed by atoms with Gasteiger partial charge >= 0.3 is 0 Å². The molecule has 0 bridgehead atoms. The van der Waals surface area contributed by atoms with Crippen LogP contribution in [-0.2, 0) is 4.79 Å². The molecule has 1 aliphatic rings. The van der Waals surface area contributed by atoms with Gasteiger partial charge in [-0.3, -0.25) is 15.1 Å². The topological polar surface area (TPSA) is 54.0 Å². The van der Waals surface area contributed by atoms with Gasteiger partial charge in [-0.05, 0) is 24.6 Å². The summed E-state index contributed by atoms with van der Waals surface area (Å²) in [4.78, 5) is 16.4. The molecule has 0 spiro atoms. The quantitative estimate of drug-likeness (QED) is 0.791. The standard InChI is InChI=1S/C14H15N3O/c1-9-2-3-10-4-5-11(17-12(10)8-9)13-14(18)16-7-6-15-13/h2-5,8,13,15H,6-7H2,1H3,(H,16,18). The molecule has 0 aliphatic carbocycles. The van der Waals surface area contributed by atoms with E-state index in [2.05, 4.69) is 27.8 Å². The van der Waals surface area contributed by atoms with Crippen molar-refractivity contribution < 1.29 is 4.79 Å². The molecule has 3 rings (SSSR count). The van der Waals surface area contributed by atoms with E-state index in [1.807, 2.05) is 25.1 Å². The maximum absolute atomic E-state index is 11.8. The maximum Gasteiger partial charge on any atom is 0.243 e. The molecule has 1 aliphatic heterocycles. The molecule has 1 fully saturated rings. The first-order valence-electron chi connectivity index (χ1n) is 6.12. The largest absolute Gasteiger partial charge is 0.353 e. The van der Waals surface area contributed by atoms with Gasteiger partial charge in [0.25, 0.3) is 0 Å². The third-order valence-corrected chi connectivity index (χ3v) is 3.20. The molecular formula is C14H15N3O. The number of piperazine rings is 1. The Balaban J connectivity index is 2.04. The van der Waals surface area contributed by atoms with Gasteiger partial charge in [-0.2, -0.15) is 0 Å². The number of hydrogen-bond donors (Lipinski definition) is 2. The summed E-state index contributed by atoms with van der Waals surface area (Å²) < 4.78 is 0. The van der Waals surface area contributed by atoms with Gasteiger partial charge in [0.05, 0.1) is 11.2 Å². The first-order chi connectivity index (χ1) is 8.74. The van der Waals surface area contributed by atoms with Crippen LogP contribution in [0.3, 0.4) is 0 Å². The Kier molecular flexibility index (Phi) is 2.72. The van der Waals surface area contributed by atoms with E-state index in [1.165, 1.54) is 5.56 Å². The Morgan fingerprint density at radius 1 is 1.22 bits per heavy atom. The molecule has 4 nitrogen and oxygen atoms in total. The van der Waals surface area contributed by atoms with Gasteiger partial charge in [0, 0.05) is 18.5 Å². The van der Waals surface area contributed by atoms with Crippen LogP contribution in [0.2, 0.25) is 0 Å². The van der Waals surface area contributed by atoms with E-state index in [0.717, 1.165) is 23.1 Å². The average molecular weight is 241 g/mol. The molecule has 1 aromatic carbocycles. The molecule has 0 radical (unpaired) electrons. The molecule has 2 heterocycles. The highest BCUT2D eigenvalue weighted by atomic mass is 16.2. The zero-order chi connectivity index (χ0) is 12.5. The van der Waals surface area contributed by atoms with Crippen molar-refractivity contribution in [2.45, 2.75) is 13.0 Å². The molecule has 4 heteroatoms. The first kappa shape index (κ1) is 11.2. The number of aromatic nitrogens is 1. The van der Waals surface area contributed by atoms with E-state index in [4.69, 9.17) is 0 Å². The van der Waals surface area contributed by atoms with Crippen LogP contribution in [0.1, 0.15) is 17.3 Å². The van der Waals surface area contributed by atoms with E-state index >= 15 is 0 Å². The van der Waals surface area contributed by atoms with E-state index in [0.29, 0.717) is 6.54 Å². The highest BCUT2D eigenvalue weighted by Gasteiger charge is 2.24. The van der Waals surface area contributed by atoms with Crippen LogP contribution in [0.5, 0.6) is 0 Å². The molecule has 0 saturated carbocycles. The van der Waals surface area contributed by atoms with Gasteiger partial charge in [0.1, 0.15) is 6.04 Å². The summed E-state index contributed by atoms with van der Waals surface area (Å²) in [7, 11) is 0. The summed E-state index contributed by atoms with van der Waals surface area (Å²) in [5, 5.41) is 7.14. The molecule has 1 atom stereocenters. The Morgan fingerprint density at radius 3 is 2.89 bits per heavy atom. The van der Waals surface area contributed by atoms with E-state index in [-0.39, 0.29) is 11.9 Å².